The lowest BCUT2D eigenvalue weighted by Gasteiger charge is -2.08. The average molecular weight is 313 g/mol. The summed E-state index contributed by atoms with van der Waals surface area (Å²) in [6, 6.07) is 1.45. The molecule has 0 aliphatic heterocycles. The molecule has 0 unspecified atom stereocenters. The maximum atomic E-state index is 11.5. The summed E-state index contributed by atoms with van der Waals surface area (Å²) < 4.78 is 4.88. The van der Waals surface area contributed by atoms with Crippen molar-refractivity contribution in [1.82, 2.24) is 4.98 Å². The highest BCUT2D eigenvalue weighted by molar-refractivity contribution is 9.08. The molecule has 0 amide bonds. The Morgan fingerprint density at radius 3 is 2.80 bits per heavy atom. The number of hydrogen-bond acceptors (Lipinski definition) is 3. The third kappa shape index (κ3) is 3.06. The lowest BCUT2D eigenvalue weighted by atomic mass is 10.1. The van der Waals surface area contributed by atoms with Crippen LogP contribution in [0.3, 0.4) is 0 Å². The Labute approximate surface area is 106 Å². The van der Waals surface area contributed by atoms with Crippen molar-refractivity contribution in [2.75, 3.05) is 6.61 Å². The molecule has 1 rings (SSSR count). The van der Waals surface area contributed by atoms with Gasteiger partial charge < -0.3 is 4.74 Å². The van der Waals surface area contributed by atoms with Gasteiger partial charge in [0.15, 0.2) is 0 Å². The van der Waals surface area contributed by atoms with Crippen molar-refractivity contribution >= 4 is 45.1 Å². The quantitative estimate of drug-likeness (QED) is 0.487. The van der Waals surface area contributed by atoms with Crippen molar-refractivity contribution in [2.45, 2.75) is 12.3 Å². The van der Waals surface area contributed by atoms with Gasteiger partial charge in [0.2, 0.25) is 0 Å². The first-order valence-corrected chi connectivity index (χ1v) is 6.05. The molecule has 1 aromatic heterocycles. The number of halogens is 3. The normalized spacial score (nSPS) is 10.1. The van der Waals surface area contributed by atoms with Crippen molar-refractivity contribution in [1.29, 1.82) is 0 Å². The first kappa shape index (κ1) is 12.7. The van der Waals surface area contributed by atoms with E-state index in [2.05, 4.69) is 20.9 Å². The summed E-state index contributed by atoms with van der Waals surface area (Å²) in [6.07, 6.45) is 0. The molecule has 0 aliphatic rings. The van der Waals surface area contributed by atoms with E-state index in [0.717, 1.165) is 0 Å². The summed E-state index contributed by atoms with van der Waals surface area (Å²) in [4.78, 5) is 15.4. The van der Waals surface area contributed by atoms with Crippen molar-refractivity contribution in [3.63, 3.8) is 0 Å². The van der Waals surface area contributed by atoms with Gasteiger partial charge in [-0.2, -0.15) is 0 Å². The zero-order valence-corrected chi connectivity index (χ0v) is 11.0. The second-order valence-electron chi connectivity index (χ2n) is 2.62. The molecule has 15 heavy (non-hydrogen) atoms. The molecule has 0 radical (unpaired) electrons. The van der Waals surface area contributed by atoms with Crippen molar-refractivity contribution in [2.24, 2.45) is 0 Å². The highest BCUT2D eigenvalue weighted by Gasteiger charge is 2.16. The van der Waals surface area contributed by atoms with Gasteiger partial charge in [-0.15, -0.1) is 0 Å². The fourth-order valence-corrected chi connectivity index (χ4v) is 2.25. The lowest BCUT2D eigenvalue weighted by Crippen LogP contribution is -2.08. The molecule has 0 saturated carbocycles. The number of ether oxygens (including phenoxy) is 1. The summed E-state index contributed by atoms with van der Waals surface area (Å²) in [5, 5.41) is 0.805. The van der Waals surface area contributed by atoms with Gasteiger partial charge in [-0.1, -0.05) is 39.1 Å². The molecule has 0 bridgehead atoms. The van der Waals surface area contributed by atoms with Gasteiger partial charge in [0.1, 0.15) is 10.3 Å². The van der Waals surface area contributed by atoms with Gasteiger partial charge in [0.05, 0.1) is 12.2 Å². The molecule has 0 atom stereocenters. The van der Waals surface area contributed by atoms with Crippen LogP contribution in [0.2, 0.25) is 10.3 Å². The van der Waals surface area contributed by atoms with Crippen molar-refractivity contribution in [3.8, 4) is 0 Å². The fourth-order valence-electron chi connectivity index (χ4n) is 1.03. The predicted molar refractivity (Wildman–Crippen MR) is 62.8 cm³/mol. The number of alkyl halides is 1. The molecule has 0 aromatic carbocycles. The van der Waals surface area contributed by atoms with Crippen LogP contribution in [0.25, 0.3) is 0 Å². The van der Waals surface area contributed by atoms with Crippen LogP contribution in [-0.4, -0.2) is 17.6 Å². The summed E-state index contributed by atoms with van der Waals surface area (Å²) in [7, 11) is 0. The number of esters is 1. The Bertz CT molecular complexity index is 385. The number of rotatable bonds is 3. The van der Waals surface area contributed by atoms with E-state index in [-0.39, 0.29) is 10.3 Å². The Hall–Kier alpha value is -0.320. The molecule has 0 fully saturated rings. The molecular weight excluding hydrogens is 305 g/mol. The summed E-state index contributed by atoms with van der Waals surface area (Å²) >= 11 is 14.8. The minimum atomic E-state index is -0.446. The minimum absolute atomic E-state index is 0.174. The van der Waals surface area contributed by atoms with Crippen LogP contribution in [0.1, 0.15) is 22.8 Å². The second-order valence-corrected chi connectivity index (χ2v) is 3.92. The zero-order valence-electron chi connectivity index (χ0n) is 7.89. The summed E-state index contributed by atoms with van der Waals surface area (Å²) in [5.74, 6) is -0.446. The Morgan fingerprint density at radius 2 is 2.27 bits per heavy atom. The smallest absolute Gasteiger partial charge is 0.338 e. The van der Waals surface area contributed by atoms with E-state index in [1.807, 2.05) is 0 Å². The van der Waals surface area contributed by atoms with Crippen molar-refractivity contribution < 1.29 is 9.53 Å². The van der Waals surface area contributed by atoms with E-state index in [1.54, 1.807) is 6.92 Å². The Balaban J connectivity index is 3.20. The molecule has 0 spiro atoms. The molecule has 3 nitrogen and oxygen atoms in total. The number of aromatic nitrogens is 1. The van der Waals surface area contributed by atoms with Crippen LogP contribution in [0.4, 0.5) is 0 Å². The second kappa shape index (κ2) is 5.68. The van der Waals surface area contributed by atoms with Gasteiger partial charge >= 0.3 is 5.97 Å². The van der Waals surface area contributed by atoms with Gasteiger partial charge in [0, 0.05) is 10.9 Å². The van der Waals surface area contributed by atoms with Crippen LogP contribution < -0.4 is 0 Å². The molecule has 6 heteroatoms. The first-order valence-electron chi connectivity index (χ1n) is 4.18. The van der Waals surface area contributed by atoms with Gasteiger partial charge in [-0.25, -0.2) is 9.78 Å². The van der Waals surface area contributed by atoms with E-state index >= 15 is 0 Å². The monoisotopic (exact) mass is 311 g/mol. The lowest BCUT2D eigenvalue weighted by molar-refractivity contribution is 0.0525. The molecule has 0 N–H and O–H groups in total. The third-order valence-corrected chi connectivity index (χ3v) is 2.74. The zero-order chi connectivity index (χ0) is 11.4. The molecule has 0 aliphatic carbocycles. The largest absolute Gasteiger partial charge is 0.462 e. The van der Waals surface area contributed by atoms with Crippen LogP contribution in [0, 0.1) is 0 Å². The fraction of sp³-hybridized carbons (Fsp3) is 0.333. The van der Waals surface area contributed by atoms with Gasteiger partial charge in [-0.05, 0) is 13.0 Å². The van der Waals surface area contributed by atoms with E-state index in [9.17, 15) is 4.79 Å². The molecule has 1 heterocycles. The van der Waals surface area contributed by atoms with Crippen LogP contribution in [0.15, 0.2) is 6.07 Å². The number of pyridine rings is 1. The number of hydrogen-bond donors (Lipinski definition) is 0. The molecule has 1 aromatic rings. The van der Waals surface area contributed by atoms with Gasteiger partial charge in [-0.3, -0.25) is 0 Å². The van der Waals surface area contributed by atoms with E-state index < -0.39 is 5.97 Å². The standard InChI is InChI=1S/C9H8BrCl2NO2/c1-2-15-9(14)5-3-7(11)13-8(12)6(5)4-10/h3H,2,4H2,1H3. The minimum Gasteiger partial charge on any atom is -0.462 e. The maximum Gasteiger partial charge on any atom is 0.338 e. The van der Waals surface area contributed by atoms with E-state index in [1.165, 1.54) is 6.07 Å². The average Bonchev–Trinajstić information content (AvgIpc) is 2.17. The molecular formula is C9H8BrCl2NO2. The van der Waals surface area contributed by atoms with Crippen LogP contribution in [-0.2, 0) is 10.1 Å². The van der Waals surface area contributed by atoms with Crippen LogP contribution >= 0.6 is 39.1 Å². The number of nitrogens with zero attached hydrogens (tertiary/aromatic N) is 1. The number of carbonyl (C=O) groups excluding carboxylic acids is 1. The Morgan fingerprint density at radius 1 is 1.60 bits per heavy atom. The summed E-state index contributed by atoms with van der Waals surface area (Å²) in [6.45, 7) is 2.04. The summed E-state index contributed by atoms with van der Waals surface area (Å²) in [5.41, 5.74) is 0.929. The highest BCUT2D eigenvalue weighted by Crippen LogP contribution is 2.24. The molecule has 0 saturated heterocycles. The first-order chi connectivity index (χ1) is 7.10. The highest BCUT2D eigenvalue weighted by atomic mass is 79.9. The predicted octanol–water partition coefficient (Wildman–Crippen LogP) is 3.46. The van der Waals surface area contributed by atoms with Crippen molar-refractivity contribution in [3.05, 3.63) is 27.5 Å². The maximum absolute atomic E-state index is 11.5. The molecule has 82 valence electrons. The SMILES string of the molecule is CCOC(=O)c1cc(Cl)nc(Cl)c1CBr. The van der Waals surface area contributed by atoms with E-state index in [0.29, 0.717) is 23.1 Å². The number of carbonyl (C=O) groups is 1. The van der Waals surface area contributed by atoms with E-state index in [4.69, 9.17) is 27.9 Å². The topological polar surface area (TPSA) is 39.2 Å². The third-order valence-electron chi connectivity index (χ3n) is 1.67. The van der Waals surface area contributed by atoms with Crippen LogP contribution in [0.5, 0.6) is 0 Å². The Kier molecular flexibility index (Phi) is 4.83. The van der Waals surface area contributed by atoms with Gasteiger partial charge in [0.25, 0.3) is 0 Å².